The highest BCUT2D eigenvalue weighted by atomic mass is 15.0. The first kappa shape index (κ1) is 11.5. The fourth-order valence-corrected chi connectivity index (χ4v) is 1.51. The number of aryl methyl sites for hydroxylation is 3. The number of rotatable bonds is 3. The highest BCUT2D eigenvalue weighted by Crippen LogP contribution is 2.07. The molecule has 0 aliphatic rings. The molecule has 0 fully saturated rings. The van der Waals surface area contributed by atoms with Crippen molar-refractivity contribution in [3.05, 3.63) is 47.2 Å². The molecule has 0 amide bonds. The molecule has 0 saturated carbocycles. The van der Waals surface area contributed by atoms with Gasteiger partial charge >= 0.3 is 0 Å². The standard InChI is InChI=1S/C13H16N4/c1-9-5-4-6-12(16-9)7-15-13-8-14-10(2)11(3)17-13/h4-6,8H,7H2,1-3H3,(H,15,17). The molecule has 17 heavy (non-hydrogen) atoms. The maximum absolute atomic E-state index is 4.42. The zero-order valence-electron chi connectivity index (χ0n) is 10.4. The second-order valence-electron chi connectivity index (χ2n) is 4.05. The molecule has 2 heterocycles. The summed E-state index contributed by atoms with van der Waals surface area (Å²) < 4.78 is 0. The summed E-state index contributed by atoms with van der Waals surface area (Å²) in [6.45, 7) is 6.56. The summed E-state index contributed by atoms with van der Waals surface area (Å²) in [6, 6.07) is 5.99. The Morgan fingerprint density at radius 3 is 2.59 bits per heavy atom. The summed E-state index contributed by atoms with van der Waals surface area (Å²) in [5, 5.41) is 3.22. The van der Waals surface area contributed by atoms with Gasteiger partial charge in [-0.2, -0.15) is 0 Å². The van der Waals surface area contributed by atoms with E-state index in [0.29, 0.717) is 6.54 Å². The van der Waals surface area contributed by atoms with Crippen LogP contribution in [0.4, 0.5) is 5.82 Å². The van der Waals surface area contributed by atoms with Gasteiger partial charge in [0.2, 0.25) is 0 Å². The van der Waals surface area contributed by atoms with Gasteiger partial charge in [0.25, 0.3) is 0 Å². The van der Waals surface area contributed by atoms with Gasteiger partial charge in [0.05, 0.1) is 29.8 Å². The number of nitrogens with one attached hydrogen (secondary N) is 1. The van der Waals surface area contributed by atoms with E-state index in [1.54, 1.807) is 6.20 Å². The fourth-order valence-electron chi connectivity index (χ4n) is 1.51. The van der Waals surface area contributed by atoms with Crippen molar-refractivity contribution in [1.29, 1.82) is 0 Å². The second kappa shape index (κ2) is 4.91. The molecule has 0 radical (unpaired) electrons. The van der Waals surface area contributed by atoms with Crippen molar-refractivity contribution in [2.24, 2.45) is 0 Å². The molecule has 2 rings (SSSR count). The molecule has 0 aliphatic heterocycles. The molecule has 0 aromatic carbocycles. The summed E-state index contributed by atoms with van der Waals surface area (Å²) in [5.41, 5.74) is 3.94. The van der Waals surface area contributed by atoms with E-state index < -0.39 is 0 Å². The van der Waals surface area contributed by atoms with Gasteiger partial charge in [-0.25, -0.2) is 4.98 Å². The Bertz CT molecular complexity index is 523. The van der Waals surface area contributed by atoms with Crippen LogP contribution in [0, 0.1) is 20.8 Å². The molecule has 0 saturated heterocycles. The Kier molecular flexibility index (Phi) is 3.32. The average molecular weight is 228 g/mol. The Balaban J connectivity index is 2.05. The average Bonchev–Trinajstić information content (AvgIpc) is 2.31. The van der Waals surface area contributed by atoms with Crippen molar-refractivity contribution in [3.8, 4) is 0 Å². The van der Waals surface area contributed by atoms with E-state index in [-0.39, 0.29) is 0 Å². The molecule has 0 unspecified atom stereocenters. The zero-order chi connectivity index (χ0) is 12.3. The predicted octanol–water partition coefficient (Wildman–Crippen LogP) is 2.41. The van der Waals surface area contributed by atoms with Gasteiger partial charge in [0.15, 0.2) is 0 Å². The molecule has 0 spiro atoms. The van der Waals surface area contributed by atoms with Crippen LogP contribution >= 0.6 is 0 Å². The molecule has 1 N–H and O–H groups in total. The van der Waals surface area contributed by atoms with E-state index in [1.807, 2.05) is 39.0 Å². The van der Waals surface area contributed by atoms with Crippen LogP contribution in [0.1, 0.15) is 22.8 Å². The maximum Gasteiger partial charge on any atom is 0.145 e. The summed E-state index contributed by atoms with van der Waals surface area (Å²) in [7, 11) is 0. The summed E-state index contributed by atoms with van der Waals surface area (Å²) in [5.74, 6) is 0.788. The van der Waals surface area contributed by atoms with Gasteiger partial charge in [0, 0.05) is 5.69 Å². The topological polar surface area (TPSA) is 50.7 Å². The molecule has 88 valence electrons. The Morgan fingerprint density at radius 1 is 1.06 bits per heavy atom. The van der Waals surface area contributed by atoms with Crippen LogP contribution in [-0.4, -0.2) is 15.0 Å². The number of nitrogens with zero attached hydrogens (tertiary/aromatic N) is 3. The van der Waals surface area contributed by atoms with E-state index >= 15 is 0 Å². The van der Waals surface area contributed by atoms with E-state index in [1.165, 1.54) is 0 Å². The van der Waals surface area contributed by atoms with Gasteiger partial charge in [-0.3, -0.25) is 9.97 Å². The van der Waals surface area contributed by atoms with Crippen LogP contribution in [0.25, 0.3) is 0 Å². The summed E-state index contributed by atoms with van der Waals surface area (Å²) in [6.07, 6.45) is 1.75. The van der Waals surface area contributed by atoms with E-state index in [2.05, 4.69) is 20.3 Å². The lowest BCUT2D eigenvalue weighted by Crippen LogP contribution is -2.05. The number of hydrogen-bond donors (Lipinski definition) is 1. The third-order valence-electron chi connectivity index (χ3n) is 2.59. The Labute approximate surface area is 101 Å². The number of hydrogen-bond acceptors (Lipinski definition) is 4. The molecule has 2 aromatic rings. The largest absolute Gasteiger partial charge is 0.363 e. The van der Waals surface area contributed by atoms with Crippen LogP contribution in [0.5, 0.6) is 0 Å². The Hall–Kier alpha value is -1.97. The van der Waals surface area contributed by atoms with Gasteiger partial charge in [0.1, 0.15) is 5.82 Å². The van der Waals surface area contributed by atoms with Crippen LogP contribution in [0.15, 0.2) is 24.4 Å². The van der Waals surface area contributed by atoms with Crippen LogP contribution in [-0.2, 0) is 6.54 Å². The molecule has 0 bridgehead atoms. The van der Waals surface area contributed by atoms with Gasteiger partial charge in [-0.05, 0) is 32.9 Å². The highest BCUT2D eigenvalue weighted by molar-refractivity contribution is 5.34. The summed E-state index contributed by atoms with van der Waals surface area (Å²) in [4.78, 5) is 13.1. The first-order valence-corrected chi connectivity index (χ1v) is 5.62. The summed E-state index contributed by atoms with van der Waals surface area (Å²) >= 11 is 0. The third-order valence-corrected chi connectivity index (χ3v) is 2.59. The first-order chi connectivity index (χ1) is 8.15. The minimum atomic E-state index is 0.666. The minimum Gasteiger partial charge on any atom is -0.363 e. The van der Waals surface area contributed by atoms with Crippen molar-refractivity contribution in [2.75, 3.05) is 5.32 Å². The number of aromatic nitrogens is 3. The van der Waals surface area contributed by atoms with E-state index in [9.17, 15) is 0 Å². The van der Waals surface area contributed by atoms with Gasteiger partial charge < -0.3 is 5.32 Å². The van der Waals surface area contributed by atoms with Crippen LogP contribution in [0.3, 0.4) is 0 Å². The van der Waals surface area contributed by atoms with Crippen molar-refractivity contribution in [2.45, 2.75) is 27.3 Å². The van der Waals surface area contributed by atoms with Crippen molar-refractivity contribution >= 4 is 5.82 Å². The normalized spacial score (nSPS) is 10.3. The van der Waals surface area contributed by atoms with E-state index in [0.717, 1.165) is 28.6 Å². The smallest absolute Gasteiger partial charge is 0.145 e. The highest BCUT2D eigenvalue weighted by Gasteiger charge is 2.00. The molecule has 4 heteroatoms. The lowest BCUT2D eigenvalue weighted by Gasteiger charge is -2.07. The molecule has 4 nitrogen and oxygen atoms in total. The lowest BCUT2D eigenvalue weighted by atomic mass is 10.3. The molecule has 2 aromatic heterocycles. The SMILES string of the molecule is Cc1cccc(CNc2cnc(C)c(C)n2)n1. The molecule has 0 atom stereocenters. The molecular formula is C13H16N4. The molecular weight excluding hydrogens is 212 g/mol. The van der Waals surface area contributed by atoms with Crippen LogP contribution in [0.2, 0.25) is 0 Å². The second-order valence-corrected chi connectivity index (χ2v) is 4.05. The van der Waals surface area contributed by atoms with Gasteiger partial charge in [-0.15, -0.1) is 0 Å². The van der Waals surface area contributed by atoms with Gasteiger partial charge in [-0.1, -0.05) is 6.07 Å². The zero-order valence-corrected chi connectivity index (χ0v) is 10.4. The quantitative estimate of drug-likeness (QED) is 0.876. The lowest BCUT2D eigenvalue weighted by molar-refractivity contribution is 0.977. The predicted molar refractivity (Wildman–Crippen MR) is 67.8 cm³/mol. The molecule has 0 aliphatic carbocycles. The minimum absolute atomic E-state index is 0.666. The van der Waals surface area contributed by atoms with Crippen molar-refractivity contribution in [1.82, 2.24) is 15.0 Å². The first-order valence-electron chi connectivity index (χ1n) is 5.62. The monoisotopic (exact) mass is 228 g/mol. The number of anilines is 1. The number of pyridine rings is 1. The van der Waals surface area contributed by atoms with E-state index in [4.69, 9.17) is 0 Å². The Morgan fingerprint density at radius 2 is 1.88 bits per heavy atom. The van der Waals surface area contributed by atoms with Crippen molar-refractivity contribution in [3.63, 3.8) is 0 Å². The fraction of sp³-hybridized carbons (Fsp3) is 0.308. The van der Waals surface area contributed by atoms with Crippen LogP contribution < -0.4 is 5.32 Å². The van der Waals surface area contributed by atoms with Crippen molar-refractivity contribution < 1.29 is 0 Å². The maximum atomic E-state index is 4.42. The third kappa shape index (κ3) is 3.00.